The fourth-order valence-electron chi connectivity index (χ4n) is 3.74. The molecule has 0 bridgehead atoms. The Kier molecular flexibility index (Phi) is 5.36. The molecule has 7 heteroatoms. The van der Waals surface area contributed by atoms with Crippen LogP contribution in [0.5, 0.6) is 0 Å². The van der Waals surface area contributed by atoms with Crippen LogP contribution in [-0.4, -0.2) is 20.2 Å². The maximum Gasteiger partial charge on any atom is 0.258 e. The maximum atomic E-state index is 5.77. The number of thiophene rings is 1. The Bertz CT molecular complexity index is 1220. The van der Waals surface area contributed by atoms with Crippen molar-refractivity contribution in [2.75, 3.05) is 0 Å². The Hall–Kier alpha value is -3.29. The largest absolute Gasteiger partial charge is 0.351 e. The van der Waals surface area contributed by atoms with E-state index in [-0.39, 0.29) is 6.04 Å². The molecule has 4 aromatic rings. The number of hydrogen-bond acceptors (Lipinski definition) is 5. The highest BCUT2D eigenvalue weighted by molar-refractivity contribution is 7.80. The van der Waals surface area contributed by atoms with Crippen molar-refractivity contribution in [2.45, 2.75) is 19.5 Å². The van der Waals surface area contributed by atoms with Crippen LogP contribution in [0.4, 0.5) is 0 Å². The molecule has 0 radical (unpaired) electrons. The molecule has 0 spiro atoms. The van der Waals surface area contributed by atoms with Gasteiger partial charge in [-0.15, -0.1) is 11.3 Å². The second-order valence-electron chi connectivity index (χ2n) is 7.25. The molecule has 1 aliphatic rings. The van der Waals surface area contributed by atoms with Gasteiger partial charge in [0.2, 0.25) is 5.82 Å². The van der Waals surface area contributed by atoms with Crippen molar-refractivity contribution in [2.24, 2.45) is 0 Å². The molecule has 0 fully saturated rings. The van der Waals surface area contributed by atoms with E-state index >= 15 is 0 Å². The molecule has 5 rings (SSSR count). The van der Waals surface area contributed by atoms with Crippen LogP contribution >= 0.6 is 23.6 Å². The van der Waals surface area contributed by atoms with Crippen molar-refractivity contribution in [1.82, 2.24) is 20.4 Å². The summed E-state index contributed by atoms with van der Waals surface area (Å²) < 4.78 is 5.77. The van der Waals surface area contributed by atoms with Crippen molar-refractivity contribution in [1.29, 1.82) is 0 Å². The van der Waals surface area contributed by atoms with E-state index < -0.39 is 0 Å². The summed E-state index contributed by atoms with van der Waals surface area (Å²) in [5, 5.41) is 10.5. The van der Waals surface area contributed by atoms with Gasteiger partial charge >= 0.3 is 0 Å². The van der Waals surface area contributed by atoms with E-state index in [0.29, 0.717) is 23.4 Å². The average molecular weight is 445 g/mol. The highest BCUT2D eigenvalue weighted by Crippen LogP contribution is 2.38. The van der Waals surface area contributed by atoms with Crippen LogP contribution < -0.4 is 5.32 Å². The van der Waals surface area contributed by atoms with Gasteiger partial charge in [-0.05, 0) is 36.2 Å². The molecule has 154 valence electrons. The van der Waals surface area contributed by atoms with E-state index in [9.17, 15) is 0 Å². The Labute approximate surface area is 190 Å². The van der Waals surface area contributed by atoms with Crippen molar-refractivity contribution in [3.63, 3.8) is 0 Å². The normalized spacial score (nSPS) is 16.5. The monoisotopic (exact) mass is 444 g/mol. The lowest BCUT2D eigenvalue weighted by atomic mass is 9.95. The van der Waals surface area contributed by atoms with E-state index in [1.165, 1.54) is 4.88 Å². The Balaban J connectivity index is 1.60. The molecule has 5 nitrogen and oxygen atoms in total. The number of nitrogens with zero attached hydrogens (tertiary/aromatic N) is 3. The number of rotatable bonds is 5. The summed E-state index contributed by atoms with van der Waals surface area (Å²) >= 11 is 7.47. The highest BCUT2D eigenvalue weighted by Gasteiger charge is 2.34. The summed E-state index contributed by atoms with van der Waals surface area (Å²) in [5.74, 6) is 1.07. The molecule has 2 aromatic carbocycles. The molecule has 2 aromatic heterocycles. The average Bonchev–Trinajstić information content (AvgIpc) is 3.50. The minimum absolute atomic E-state index is 0.169. The Morgan fingerprint density at radius 3 is 2.48 bits per heavy atom. The van der Waals surface area contributed by atoms with Gasteiger partial charge in [0.15, 0.2) is 5.11 Å². The van der Waals surface area contributed by atoms with Crippen LogP contribution in [0.3, 0.4) is 0 Å². The molecular weight excluding hydrogens is 424 g/mol. The molecule has 3 heterocycles. The van der Waals surface area contributed by atoms with E-state index in [4.69, 9.17) is 21.7 Å². The molecule has 0 saturated heterocycles. The Morgan fingerprint density at radius 2 is 1.77 bits per heavy atom. The summed E-state index contributed by atoms with van der Waals surface area (Å²) in [4.78, 5) is 8.08. The Morgan fingerprint density at radius 1 is 1.03 bits per heavy atom. The first-order chi connectivity index (χ1) is 15.2. The van der Waals surface area contributed by atoms with E-state index in [2.05, 4.69) is 51.9 Å². The number of nitrogens with one attached hydrogen (secondary N) is 1. The lowest BCUT2D eigenvalue weighted by Crippen LogP contribution is -2.45. The molecule has 0 amide bonds. The maximum absolute atomic E-state index is 5.77. The SMILES string of the molecule is CC1=C(c2nc(-c3ccccc3)no2)C(c2ccccc2)NC(=S)N1Cc1cccs1. The zero-order valence-electron chi connectivity index (χ0n) is 16.9. The second kappa shape index (κ2) is 8.45. The first kappa shape index (κ1) is 19.7. The predicted molar refractivity (Wildman–Crippen MR) is 127 cm³/mol. The van der Waals surface area contributed by atoms with Gasteiger partial charge in [0.1, 0.15) is 0 Å². The fraction of sp³-hybridized carbons (Fsp3) is 0.125. The van der Waals surface area contributed by atoms with Gasteiger partial charge in [0, 0.05) is 16.1 Å². The third kappa shape index (κ3) is 3.89. The number of benzene rings is 2. The predicted octanol–water partition coefficient (Wildman–Crippen LogP) is 5.66. The smallest absolute Gasteiger partial charge is 0.258 e. The highest BCUT2D eigenvalue weighted by atomic mass is 32.1. The molecular formula is C24H20N4OS2. The van der Waals surface area contributed by atoms with E-state index in [0.717, 1.165) is 22.4 Å². The minimum atomic E-state index is -0.169. The first-order valence-electron chi connectivity index (χ1n) is 9.96. The van der Waals surface area contributed by atoms with Crippen LogP contribution in [0, 0.1) is 0 Å². The van der Waals surface area contributed by atoms with E-state index in [1.807, 2.05) is 48.5 Å². The summed E-state index contributed by atoms with van der Waals surface area (Å²) in [7, 11) is 0. The van der Waals surface area contributed by atoms with Gasteiger partial charge < -0.3 is 14.7 Å². The number of thiocarbonyl (C=S) groups is 1. The molecule has 1 unspecified atom stereocenters. The van der Waals surface area contributed by atoms with Crippen molar-refractivity contribution in [3.8, 4) is 11.4 Å². The molecule has 1 N–H and O–H groups in total. The van der Waals surface area contributed by atoms with Gasteiger partial charge in [-0.1, -0.05) is 71.9 Å². The third-order valence-corrected chi connectivity index (χ3v) is 6.51. The van der Waals surface area contributed by atoms with Crippen LogP contribution in [0.25, 0.3) is 17.0 Å². The molecule has 1 aliphatic heterocycles. The first-order valence-corrected chi connectivity index (χ1v) is 11.2. The zero-order valence-corrected chi connectivity index (χ0v) is 18.5. The van der Waals surface area contributed by atoms with Gasteiger partial charge in [-0.25, -0.2) is 0 Å². The van der Waals surface area contributed by atoms with Crippen LogP contribution in [0.1, 0.15) is 29.3 Å². The van der Waals surface area contributed by atoms with E-state index in [1.54, 1.807) is 11.3 Å². The lowest BCUT2D eigenvalue weighted by molar-refractivity contribution is 0.396. The van der Waals surface area contributed by atoms with Crippen molar-refractivity contribution < 1.29 is 4.52 Å². The van der Waals surface area contributed by atoms with Crippen LogP contribution in [0.2, 0.25) is 0 Å². The second-order valence-corrected chi connectivity index (χ2v) is 8.67. The lowest BCUT2D eigenvalue weighted by Gasteiger charge is -2.37. The summed E-state index contributed by atoms with van der Waals surface area (Å²) in [5.41, 5.74) is 3.96. The third-order valence-electron chi connectivity index (χ3n) is 5.31. The fourth-order valence-corrected chi connectivity index (χ4v) is 4.75. The van der Waals surface area contributed by atoms with Gasteiger partial charge in [0.05, 0.1) is 18.2 Å². The number of allylic oxidation sites excluding steroid dienone is 1. The summed E-state index contributed by atoms with van der Waals surface area (Å²) in [6.07, 6.45) is 0. The summed E-state index contributed by atoms with van der Waals surface area (Å²) in [6.45, 7) is 2.76. The quantitative estimate of drug-likeness (QED) is 0.401. The van der Waals surface area contributed by atoms with Crippen LogP contribution in [-0.2, 0) is 6.54 Å². The van der Waals surface area contributed by atoms with Crippen molar-refractivity contribution >= 4 is 34.2 Å². The number of aromatic nitrogens is 2. The minimum Gasteiger partial charge on any atom is -0.351 e. The van der Waals surface area contributed by atoms with Crippen LogP contribution in [0.15, 0.2) is 88.4 Å². The van der Waals surface area contributed by atoms with Gasteiger partial charge in [-0.3, -0.25) is 0 Å². The molecule has 1 atom stereocenters. The molecule has 0 aliphatic carbocycles. The van der Waals surface area contributed by atoms with Gasteiger partial charge in [-0.2, -0.15) is 4.98 Å². The topological polar surface area (TPSA) is 54.2 Å². The standard InChI is InChI=1S/C24H20N4OS2/c1-16-20(23-26-22(27-29-23)18-11-6-3-7-12-18)21(17-9-4-2-5-10-17)25-24(30)28(16)15-19-13-8-14-31-19/h2-14,21H,15H2,1H3,(H,25,30). The summed E-state index contributed by atoms with van der Waals surface area (Å²) in [6, 6.07) is 24.1. The van der Waals surface area contributed by atoms with Crippen molar-refractivity contribution in [3.05, 3.63) is 100 Å². The van der Waals surface area contributed by atoms with Gasteiger partial charge in [0.25, 0.3) is 5.89 Å². The molecule has 0 saturated carbocycles. The number of hydrogen-bond donors (Lipinski definition) is 1. The molecule has 31 heavy (non-hydrogen) atoms. The zero-order chi connectivity index (χ0) is 21.2.